The topological polar surface area (TPSA) is 75.7 Å². The summed E-state index contributed by atoms with van der Waals surface area (Å²) < 4.78 is 4.79. The molecule has 2 amide bonds. The van der Waals surface area contributed by atoms with Gasteiger partial charge in [-0.25, -0.2) is 4.79 Å². The zero-order chi connectivity index (χ0) is 22.0. The van der Waals surface area contributed by atoms with E-state index in [0.29, 0.717) is 12.1 Å². The minimum absolute atomic E-state index is 0.0357. The number of ether oxygens (including phenoxy) is 1. The third kappa shape index (κ3) is 3.71. The summed E-state index contributed by atoms with van der Waals surface area (Å²) in [6, 6.07) is 16.5. The monoisotopic (exact) mass is 420 g/mol. The fourth-order valence-electron chi connectivity index (χ4n) is 5.20. The average molecular weight is 421 g/mol. The molecule has 2 aromatic rings. The molecule has 2 aromatic carbocycles. The molecule has 6 nitrogen and oxygen atoms in total. The van der Waals surface area contributed by atoms with Crippen LogP contribution in [0.2, 0.25) is 0 Å². The molecule has 0 aromatic heterocycles. The van der Waals surface area contributed by atoms with Gasteiger partial charge in [0, 0.05) is 12.1 Å². The number of nitrogens with zero attached hydrogens (tertiary/aromatic N) is 1. The lowest BCUT2D eigenvalue weighted by molar-refractivity contribution is -0.145. The molecule has 1 spiro atoms. The smallest absolute Gasteiger partial charge is 0.328 e. The number of carbonyl (C=O) groups is 3. The summed E-state index contributed by atoms with van der Waals surface area (Å²) in [4.78, 5) is 41.1. The quantitative estimate of drug-likeness (QED) is 0.752. The highest BCUT2D eigenvalue weighted by Crippen LogP contribution is 2.50. The Bertz CT molecular complexity index is 982. The van der Waals surface area contributed by atoms with Gasteiger partial charge in [0.15, 0.2) is 0 Å². The van der Waals surface area contributed by atoms with E-state index in [2.05, 4.69) is 5.32 Å². The summed E-state index contributed by atoms with van der Waals surface area (Å²) in [5, 5.41) is 2.84. The number of hydrogen-bond acceptors (Lipinski definition) is 4. The van der Waals surface area contributed by atoms with Crippen LogP contribution in [-0.4, -0.2) is 41.4 Å². The molecule has 2 atom stereocenters. The Kier molecular flexibility index (Phi) is 5.81. The number of methoxy groups -OCH3 is 1. The van der Waals surface area contributed by atoms with E-state index in [9.17, 15) is 14.4 Å². The largest absolute Gasteiger partial charge is 0.467 e. The Morgan fingerprint density at radius 2 is 1.74 bits per heavy atom. The molecule has 1 aliphatic heterocycles. The summed E-state index contributed by atoms with van der Waals surface area (Å²) in [5.41, 5.74) is 1.72. The van der Waals surface area contributed by atoms with E-state index in [1.54, 1.807) is 13.0 Å². The van der Waals surface area contributed by atoms with Gasteiger partial charge in [0.2, 0.25) is 5.91 Å². The maximum atomic E-state index is 13.6. The van der Waals surface area contributed by atoms with E-state index in [-0.39, 0.29) is 11.8 Å². The lowest BCUT2D eigenvalue weighted by atomic mass is 9.70. The first-order valence-corrected chi connectivity index (χ1v) is 10.8. The van der Waals surface area contributed by atoms with Crippen molar-refractivity contribution in [3.63, 3.8) is 0 Å². The van der Waals surface area contributed by atoms with Crippen molar-refractivity contribution in [3.8, 4) is 0 Å². The van der Waals surface area contributed by atoms with E-state index >= 15 is 0 Å². The van der Waals surface area contributed by atoms with Crippen molar-refractivity contribution in [2.75, 3.05) is 7.11 Å². The lowest BCUT2D eigenvalue weighted by Crippen LogP contribution is -2.61. The highest BCUT2D eigenvalue weighted by molar-refractivity contribution is 6.02. The van der Waals surface area contributed by atoms with E-state index < -0.39 is 23.5 Å². The molecule has 162 valence electrons. The molecular formula is C25H28N2O4. The highest BCUT2D eigenvalue weighted by Gasteiger charge is 2.55. The summed E-state index contributed by atoms with van der Waals surface area (Å²) in [7, 11) is 1.31. The molecule has 0 saturated heterocycles. The number of carbonyl (C=O) groups excluding carboxylic acids is 3. The first-order chi connectivity index (χ1) is 15.0. The predicted octanol–water partition coefficient (Wildman–Crippen LogP) is 3.42. The van der Waals surface area contributed by atoms with Crippen molar-refractivity contribution in [2.45, 2.75) is 56.7 Å². The summed E-state index contributed by atoms with van der Waals surface area (Å²) in [5.74, 6) is -1.31. The maximum absolute atomic E-state index is 13.6. The first kappa shape index (κ1) is 21.1. The zero-order valence-corrected chi connectivity index (χ0v) is 18.0. The van der Waals surface area contributed by atoms with Crippen molar-refractivity contribution in [1.82, 2.24) is 10.2 Å². The number of hydrogen-bond donors (Lipinski definition) is 1. The third-order valence-electron chi connectivity index (χ3n) is 6.65. The lowest BCUT2D eigenvalue weighted by Gasteiger charge is -2.50. The van der Waals surface area contributed by atoms with Crippen molar-refractivity contribution >= 4 is 17.8 Å². The minimum atomic E-state index is -0.761. The van der Waals surface area contributed by atoms with Crippen LogP contribution in [0, 0.1) is 0 Å². The molecule has 4 rings (SSSR count). The predicted molar refractivity (Wildman–Crippen MR) is 116 cm³/mol. The molecule has 1 fully saturated rings. The van der Waals surface area contributed by atoms with Gasteiger partial charge in [-0.2, -0.15) is 0 Å². The van der Waals surface area contributed by atoms with Crippen LogP contribution < -0.4 is 5.32 Å². The van der Waals surface area contributed by atoms with Crippen LogP contribution in [0.25, 0.3) is 0 Å². The zero-order valence-electron chi connectivity index (χ0n) is 18.0. The second kappa shape index (κ2) is 8.53. The van der Waals surface area contributed by atoms with Gasteiger partial charge in [0.25, 0.3) is 5.91 Å². The average Bonchev–Trinajstić information content (AvgIpc) is 3.26. The van der Waals surface area contributed by atoms with Crippen LogP contribution in [0.15, 0.2) is 54.6 Å². The Labute approximate surface area is 182 Å². The van der Waals surface area contributed by atoms with Crippen molar-refractivity contribution in [2.24, 2.45) is 0 Å². The fourth-order valence-corrected chi connectivity index (χ4v) is 5.20. The Morgan fingerprint density at radius 1 is 1.10 bits per heavy atom. The Hall–Kier alpha value is -3.15. The molecule has 0 bridgehead atoms. The Morgan fingerprint density at radius 3 is 2.42 bits per heavy atom. The fraction of sp³-hybridized carbons (Fsp3) is 0.400. The summed E-state index contributed by atoms with van der Waals surface area (Å²) in [6.07, 6.45) is 3.42. The third-order valence-corrected chi connectivity index (χ3v) is 6.65. The van der Waals surface area contributed by atoms with Gasteiger partial charge < -0.3 is 15.0 Å². The van der Waals surface area contributed by atoms with Gasteiger partial charge in [0.1, 0.15) is 6.04 Å². The van der Waals surface area contributed by atoms with E-state index in [1.165, 1.54) is 7.11 Å². The number of nitrogens with one attached hydrogen (secondary N) is 1. The minimum Gasteiger partial charge on any atom is -0.467 e. The van der Waals surface area contributed by atoms with Crippen LogP contribution in [0.4, 0.5) is 0 Å². The van der Waals surface area contributed by atoms with Crippen molar-refractivity contribution < 1.29 is 19.1 Å². The van der Waals surface area contributed by atoms with E-state index in [1.807, 2.05) is 53.4 Å². The number of esters is 1. The molecule has 0 radical (unpaired) electrons. The van der Waals surface area contributed by atoms with Crippen molar-refractivity contribution in [3.05, 3.63) is 71.3 Å². The van der Waals surface area contributed by atoms with E-state index in [0.717, 1.165) is 36.8 Å². The van der Waals surface area contributed by atoms with Gasteiger partial charge in [-0.1, -0.05) is 61.4 Å². The molecule has 1 aliphatic carbocycles. The first-order valence-electron chi connectivity index (χ1n) is 10.8. The molecule has 1 saturated carbocycles. The standard InChI is InChI=1S/C25H28N2O4/c1-17(24(30)31-2)26-22(28)21-19-12-6-7-13-20(19)23(29)27(25(21)14-8-9-15-25)16-18-10-4-3-5-11-18/h3-7,10-13,17,21H,8-9,14-16H2,1-2H3,(H,26,28)/t17-,21-/m1/s1. The van der Waals surface area contributed by atoms with Crippen LogP contribution in [0.1, 0.15) is 60.0 Å². The molecule has 31 heavy (non-hydrogen) atoms. The number of fused-ring (bicyclic) bond motifs is 1. The maximum Gasteiger partial charge on any atom is 0.328 e. The van der Waals surface area contributed by atoms with Gasteiger partial charge in [0.05, 0.1) is 18.6 Å². The molecule has 1 N–H and O–H groups in total. The van der Waals surface area contributed by atoms with Crippen LogP contribution in [0.3, 0.4) is 0 Å². The second-order valence-corrected chi connectivity index (χ2v) is 8.46. The number of amides is 2. The molecule has 1 heterocycles. The SMILES string of the molecule is COC(=O)[C@@H](C)NC(=O)[C@H]1c2ccccc2C(=O)N(Cc2ccccc2)C12CCCC2. The van der Waals surface area contributed by atoms with Crippen LogP contribution in [-0.2, 0) is 20.9 Å². The van der Waals surface area contributed by atoms with Crippen molar-refractivity contribution in [1.29, 1.82) is 0 Å². The highest BCUT2D eigenvalue weighted by atomic mass is 16.5. The van der Waals surface area contributed by atoms with E-state index in [4.69, 9.17) is 4.74 Å². The molecular weight excluding hydrogens is 392 g/mol. The molecule has 0 unspecified atom stereocenters. The number of benzene rings is 2. The Balaban J connectivity index is 1.79. The summed E-state index contributed by atoms with van der Waals surface area (Å²) >= 11 is 0. The molecule has 6 heteroatoms. The van der Waals surface area contributed by atoms with Gasteiger partial charge in [-0.05, 0) is 37.0 Å². The van der Waals surface area contributed by atoms with Crippen LogP contribution in [0.5, 0.6) is 0 Å². The van der Waals surface area contributed by atoms with Gasteiger partial charge in [-0.3, -0.25) is 9.59 Å². The molecule has 2 aliphatic rings. The van der Waals surface area contributed by atoms with Gasteiger partial charge >= 0.3 is 5.97 Å². The number of rotatable bonds is 5. The van der Waals surface area contributed by atoms with Gasteiger partial charge in [-0.15, -0.1) is 0 Å². The second-order valence-electron chi connectivity index (χ2n) is 8.46. The van der Waals surface area contributed by atoms with Crippen LogP contribution >= 0.6 is 0 Å². The normalized spacial score (nSPS) is 20.3. The summed E-state index contributed by atoms with van der Waals surface area (Å²) in [6.45, 7) is 2.07.